The minimum absolute atomic E-state index is 0.00907. The monoisotopic (exact) mass is 478 g/mol. The molecule has 1 fully saturated rings. The summed E-state index contributed by atoms with van der Waals surface area (Å²) >= 11 is 0. The topological polar surface area (TPSA) is 95.9 Å². The van der Waals surface area contributed by atoms with E-state index in [2.05, 4.69) is 29.6 Å². The van der Waals surface area contributed by atoms with Gasteiger partial charge in [0, 0.05) is 31.0 Å². The third-order valence-corrected chi connectivity index (χ3v) is 7.40. The third kappa shape index (κ3) is 5.34. The number of hydrogen-bond donors (Lipinski definition) is 2. The van der Waals surface area contributed by atoms with Crippen molar-refractivity contribution in [2.75, 3.05) is 13.2 Å². The van der Waals surface area contributed by atoms with Gasteiger partial charge in [0.05, 0.1) is 5.92 Å². The summed E-state index contributed by atoms with van der Waals surface area (Å²) in [5.74, 6) is -1.57. The van der Waals surface area contributed by atoms with Crippen LogP contribution in [0.4, 0.5) is 4.79 Å². The maximum atomic E-state index is 13.1. The van der Waals surface area contributed by atoms with Crippen LogP contribution in [-0.4, -0.2) is 53.2 Å². The van der Waals surface area contributed by atoms with Crippen LogP contribution >= 0.6 is 0 Å². The Kier molecular flexibility index (Phi) is 7.43. The van der Waals surface area contributed by atoms with Crippen LogP contribution in [-0.2, 0) is 14.3 Å². The van der Waals surface area contributed by atoms with Crippen LogP contribution in [0.5, 0.6) is 0 Å². The molecule has 1 aliphatic carbocycles. The van der Waals surface area contributed by atoms with Gasteiger partial charge in [0.25, 0.3) is 0 Å². The fourth-order valence-corrected chi connectivity index (χ4v) is 5.21. The first-order valence-electron chi connectivity index (χ1n) is 12.4. The molecule has 0 aromatic heterocycles. The molecule has 1 heterocycles. The molecule has 0 radical (unpaired) electrons. The predicted molar refractivity (Wildman–Crippen MR) is 133 cm³/mol. The number of fused-ring (bicyclic) bond motifs is 3. The SMILES string of the molecule is CC(C)[C@@H](CC(=O)N1CC(C(=O)O)CCC1C)NC(=O)OCC1c2ccccc2-c2ccccc21. The molecule has 0 saturated carbocycles. The molecule has 2 unspecified atom stereocenters. The highest BCUT2D eigenvalue weighted by Gasteiger charge is 2.34. The molecule has 186 valence electrons. The number of nitrogens with zero attached hydrogens (tertiary/aromatic N) is 1. The van der Waals surface area contributed by atoms with Crippen LogP contribution in [0.25, 0.3) is 11.1 Å². The van der Waals surface area contributed by atoms with E-state index in [1.807, 2.05) is 45.0 Å². The first-order valence-corrected chi connectivity index (χ1v) is 12.4. The number of nitrogens with one attached hydrogen (secondary N) is 1. The average Bonchev–Trinajstić information content (AvgIpc) is 3.16. The van der Waals surface area contributed by atoms with E-state index in [0.717, 1.165) is 22.3 Å². The van der Waals surface area contributed by atoms with E-state index in [0.29, 0.717) is 12.8 Å². The summed E-state index contributed by atoms with van der Waals surface area (Å²) in [5, 5.41) is 12.3. The Labute approximate surface area is 206 Å². The van der Waals surface area contributed by atoms with Crippen LogP contribution in [0.1, 0.15) is 57.1 Å². The van der Waals surface area contributed by atoms with E-state index in [9.17, 15) is 19.5 Å². The Morgan fingerprint density at radius 2 is 1.63 bits per heavy atom. The van der Waals surface area contributed by atoms with Crippen molar-refractivity contribution in [2.24, 2.45) is 11.8 Å². The van der Waals surface area contributed by atoms with Gasteiger partial charge in [0.2, 0.25) is 5.91 Å². The van der Waals surface area contributed by atoms with Gasteiger partial charge in [0.15, 0.2) is 0 Å². The minimum atomic E-state index is -0.869. The third-order valence-electron chi connectivity index (χ3n) is 7.40. The van der Waals surface area contributed by atoms with Crippen molar-refractivity contribution in [2.45, 2.75) is 58.0 Å². The van der Waals surface area contributed by atoms with Crippen molar-refractivity contribution in [3.8, 4) is 11.1 Å². The second-order valence-corrected chi connectivity index (χ2v) is 10.0. The summed E-state index contributed by atoms with van der Waals surface area (Å²) in [6, 6.07) is 15.9. The van der Waals surface area contributed by atoms with Crippen LogP contribution in [0.3, 0.4) is 0 Å². The van der Waals surface area contributed by atoms with Crippen LogP contribution < -0.4 is 5.32 Å². The quantitative estimate of drug-likeness (QED) is 0.604. The number of carbonyl (C=O) groups excluding carboxylic acids is 2. The molecule has 0 bridgehead atoms. The normalized spacial score (nSPS) is 20.2. The molecule has 35 heavy (non-hydrogen) atoms. The first-order chi connectivity index (χ1) is 16.8. The van der Waals surface area contributed by atoms with Gasteiger partial charge in [-0.05, 0) is 47.9 Å². The fourth-order valence-electron chi connectivity index (χ4n) is 5.21. The summed E-state index contributed by atoms with van der Waals surface area (Å²) < 4.78 is 5.66. The number of carbonyl (C=O) groups is 3. The molecule has 2 aliphatic rings. The Morgan fingerprint density at radius 3 is 2.20 bits per heavy atom. The van der Waals surface area contributed by atoms with Crippen LogP contribution in [0.2, 0.25) is 0 Å². The van der Waals surface area contributed by atoms with Gasteiger partial charge in [0.1, 0.15) is 6.61 Å². The largest absolute Gasteiger partial charge is 0.481 e. The van der Waals surface area contributed by atoms with Gasteiger partial charge < -0.3 is 20.1 Å². The van der Waals surface area contributed by atoms with E-state index >= 15 is 0 Å². The summed E-state index contributed by atoms with van der Waals surface area (Å²) in [6.07, 6.45) is 0.799. The van der Waals surface area contributed by atoms with Crippen molar-refractivity contribution in [1.82, 2.24) is 10.2 Å². The van der Waals surface area contributed by atoms with E-state index in [-0.39, 0.29) is 43.4 Å². The average molecular weight is 479 g/mol. The second kappa shape index (κ2) is 10.5. The number of carboxylic acids is 1. The van der Waals surface area contributed by atoms with Gasteiger partial charge >= 0.3 is 12.1 Å². The molecule has 2 aromatic rings. The van der Waals surface area contributed by atoms with E-state index in [1.54, 1.807) is 4.90 Å². The van der Waals surface area contributed by atoms with E-state index in [1.165, 1.54) is 0 Å². The lowest BCUT2D eigenvalue weighted by Crippen LogP contribution is -2.50. The van der Waals surface area contributed by atoms with Gasteiger partial charge in [-0.2, -0.15) is 0 Å². The van der Waals surface area contributed by atoms with Crippen molar-refractivity contribution >= 4 is 18.0 Å². The predicted octanol–water partition coefficient (Wildman–Crippen LogP) is 4.65. The second-order valence-electron chi connectivity index (χ2n) is 10.0. The number of piperidine rings is 1. The standard InChI is InChI=1S/C28H34N2O5/c1-17(2)25(14-26(31)30-15-19(27(32)33)13-12-18(30)3)29-28(34)35-16-24-22-10-6-4-8-20(22)21-9-5-7-11-23(21)24/h4-11,17-19,24-25H,12-16H2,1-3H3,(H,29,34)(H,32,33)/t18?,19?,25-/m1/s1. The Balaban J connectivity index is 1.37. The number of carboxylic acid groups (broad SMARTS) is 1. The Bertz CT molecular complexity index is 1050. The van der Waals surface area contributed by atoms with Crippen molar-refractivity contribution in [3.63, 3.8) is 0 Å². The van der Waals surface area contributed by atoms with Crippen molar-refractivity contribution in [1.29, 1.82) is 0 Å². The van der Waals surface area contributed by atoms with Gasteiger partial charge in [-0.3, -0.25) is 9.59 Å². The Morgan fingerprint density at radius 1 is 1.03 bits per heavy atom. The van der Waals surface area contributed by atoms with Crippen molar-refractivity contribution in [3.05, 3.63) is 59.7 Å². The number of alkyl carbamates (subject to hydrolysis) is 1. The lowest BCUT2D eigenvalue weighted by molar-refractivity contribution is -0.147. The number of amides is 2. The zero-order valence-electron chi connectivity index (χ0n) is 20.6. The summed E-state index contributed by atoms with van der Waals surface area (Å²) in [7, 11) is 0. The number of likely N-dealkylation sites (tertiary alicyclic amines) is 1. The summed E-state index contributed by atoms with van der Waals surface area (Å²) in [6.45, 7) is 6.26. The molecule has 0 spiro atoms. The highest BCUT2D eigenvalue weighted by molar-refractivity contribution is 5.80. The van der Waals surface area contributed by atoms with Gasteiger partial charge in [-0.15, -0.1) is 0 Å². The van der Waals surface area contributed by atoms with E-state index in [4.69, 9.17) is 4.74 Å². The summed E-state index contributed by atoms with van der Waals surface area (Å²) in [5.41, 5.74) is 4.62. The first kappa shape index (κ1) is 24.8. The highest BCUT2D eigenvalue weighted by atomic mass is 16.5. The van der Waals surface area contributed by atoms with E-state index < -0.39 is 24.0 Å². The molecule has 1 saturated heterocycles. The molecular weight excluding hydrogens is 444 g/mol. The molecule has 4 rings (SSSR count). The highest BCUT2D eigenvalue weighted by Crippen LogP contribution is 2.44. The molecule has 2 N–H and O–H groups in total. The summed E-state index contributed by atoms with van der Waals surface area (Å²) in [4.78, 5) is 38.9. The number of aliphatic carboxylic acids is 1. The smallest absolute Gasteiger partial charge is 0.407 e. The number of benzene rings is 2. The zero-order chi connectivity index (χ0) is 25.1. The van der Waals surface area contributed by atoms with Gasteiger partial charge in [-0.1, -0.05) is 62.4 Å². The lowest BCUT2D eigenvalue weighted by atomic mass is 9.92. The zero-order valence-corrected chi connectivity index (χ0v) is 20.6. The fraction of sp³-hybridized carbons (Fsp3) is 0.464. The minimum Gasteiger partial charge on any atom is -0.481 e. The maximum Gasteiger partial charge on any atom is 0.407 e. The molecule has 7 nitrogen and oxygen atoms in total. The Hall–Kier alpha value is -3.35. The number of ether oxygens (including phenoxy) is 1. The molecule has 7 heteroatoms. The molecule has 2 amide bonds. The number of hydrogen-bond acceptors (Lipinski definition) is 4. The number of rotatable bonds is 7. The lowest BCUT2D eigenvalue weighted by Gasteiger charge is -2.37. The molecule has 2 aromatic carbocycles. The molecule has 1 aliphatic heterocycles. The molecular formula is C28H34N2O5. The van der Waals surface area contributed by atoms with Crippen molar-refractivity contribution < 1.29 is 24.2 Å². The van der Waals surface area contributed by atoms with Crippen LogP contribution in [0.15, 0.2) is 48.5 Å². The van der Waals surface area contributed by atoms with Crippen LogP contribution in [0, 0.1) is 11.8 Å². The maximum absolute atomic E-state index is 13.1. The molecule has 3 atom stereocenters. The van der Waals surface area contributed by atoms with Gasteiger partial charge in [-0.25, -0.2) is 4.79 Å².